The van der Waals surface area contributed by atoms with Gasteiger partial charge in [0, 0.05) is 36.0 Å². The Labute approximate surface area is 148 Å². The summed E-state index contributed by atoms with van der Waals surface area (Å²) in [6.45, 7) is 1.35. The van der Waals surface area contributed by atoms with Crippen molar-refractivity contribution in [3.8, 4) is 5.75 Å². The van der Waals surface area contributed by atoms with E-state index in [1.54, 1.807) is 41.3 Å². The van der Waals surface area contributed by atoms with E-state index in [-0.39, 0.29) is 6.09 Å². The lowest BCUT2D eigenvalue weighted by molar-refractivity contribution is 0.143. The molecule has 7 nitrogen and oxygen atoms in total. The Morgan fingerprint density at radius 1 is 1.24 bits per heavy atom. The van der Waals surface area contributed by atoms with Crippen molar-refractivity contribution in [2.45, 2.75) is 23.2 Å². The number of amides is 1. The fraction of sp³-hybridized carbons (Fsp3) is 0.294. The predicted molar refractivity (Wildman–Crippen MR) is 94.6 cm³/mol. The monoisotopic (exact) mass is 355 g/mol. The number of thioether (sulfide) groups is 1. The molecule has 1 saturated heterocycles. The number of nitrogens with one attached hydrogen (secondary N) is 1. The van der Waals surface area contributed by atoms with Gasteiger partial charge in [0.1, 0.15) is 12.1 Å². The number of benzene rings is 1. The number of fused-ring (bicyclic) bond motifs is 1. The van der Waals surface area contributed by atoms with Crippen LogP contribution < -0.4 is 4.74 Å². The van der Waals surface area contributed by atoms with Crippen molar-refractivity contribution in [3.63, 3.8) is 0 Å². The Balaban J connectivity index is 1.33. The fourth-order valence-corrected chi connectivity index (χ4v) is 3.80. The topological polar surface area (TPSA) is 84.0 Å². The second kappa shape index (κ2) is 7.10. The van der Waals surface area contributed by atoms with Crippen molar-refractivity contribution < 1.29 is 9.53 Å². The Morgan fingerprint density at radius 2 is 2.12 bits per heavy atom. The van der Waals surface area contributed by atoms with Gasteiger partial charge < -0.3 is 9.64 Å². The summed E-state index contributed by atoms with van der Waals surface area (Å²) in [6.07, 6.45) is 4.79. The van der Waals surface area contributed by atoms with Crippen molar-refractivity contribution in [3.05, 3.63) is 42.9 Å². The van der Waals surface area contributed by atoms with Crippen LogP contribution in [0.3, 0.4) is 0 Å². The highest BCUT2D eigenvalue weighted by molar-refractivity contribution is 7.99. The highest BCUT2D eigenvalue weighted by Crippen LogP contribution is 2.28. The van der Waals surface area contributed by atoms with Crippen LogP contribution >= 0.6 is 11.8 Å². The van der Waals surface area contributed by atoms with Crippen molar-refractivity contribution in [2.24, 2.45) is 0 Å². The van der Waals surface area contributed by atoms with Crippen LogP contribution in [0.15, 0.2) is 48.0 Å². The number of hydrogen-bond donors (Lipinski definition) is 1. The summed E-state index contributed by atoms with van der Waals surface area (Å²) in [5.41, 5.74) is 0.814. The number of pyridine rings is 1. The molecule has 1 amide bonds. The average Bonchev–Trinajstić information content (AvgIpc) is 3.15. The highest BCUT2D eigenvalue weighted by atomic mass is 32.2. The lowest BCUT2D eigenvalue weighted by Crippen LogP contribution is -2.40. The molecule has 25 heavy (non-hydrogen) atoms. The van der Waals surface area contributed by atoms with E-state index in [4.69, 9.17) is 4.74 Å². The van der Waals surface area contributed by atoms with Crippen molar-refractivity contribution in [2.75, 3.05) is 13.1 Å². The molecule has 0 saturated carbocycles. The van der Waals surface area contributed by atoms with Crippen LogP contribution in [0, 0.1) is 0 Å². The molecule has 0 radical (unpaired) electrons. The number of nitrogens with zero attached hydrogens (tertiary/aromatic N) is 4. The van der Waals surface area contributed by atoms with Crippen molar-refractivity contribution in [1.29, 1.82) is 0 Å². The molecular formula is C17H17N5O2S. The van der Waals surface area contributed by atoms with Crippen LogP contribution in [0.4, 0.5) is 4.79 Å². The Kier molecular flexibility index (Phi) is 4.51. The van der Waals surface area contributed by atoms with Crippen LogP contribution in [0.5, 0.6) is 5.75 Å². The molecule has 3 aromatic rings. The van der Waals surface area contributed by atoms with Gasteiger partial charge in [0.2, 0.25) is 5.16 Å². The molecular weight excluding hydrogens is 338 g/mol. The zero-order valence-electron chi connectivity index (χ0n) is 13.5. The number of aromatic amines is 1. The van der Waals surface area contributed by atoms with Crippen LogP contribution in [0.2, 0.25) is 0 Å². The Morgan fingerprint density at radius 3 is 2.92 bits per heavy atom. The minimum absolute atomic E-state index is 0.309. The van der Waals surface area contributed by atoms with Gasteiger partial charge >= 0.3 is 6.09 Å². The zero-order valence-corrected chi connectivity index (χ0v) is 14.3. The number of piperidine rings is 1. The van der Waals surface area contributed by atoms with E-state index >= 15 is 0 Å². The molecule has 2 aromatic heterocycles. The summed E-state index contributed by atoms with van der Waals surface area (Å²) in [6, 6.07) is 9.36. The van der Waals surface area contributed by atoms with Gasteiger partial charge in [-0.1, -0.05) is 17.8 Å². The molecule has 0 spiro atoms. The first-order valence-electron chi connectivity index (χ1n) is 8.12. The van der Waals surface area contributed by atoms with Gasteiger partial charge in [-0.15, -0.1) is 5.10 Å². The predicted octanol–water partition coefficient (Wildman–Crippen LogP) is 3.11. The lowest BCUT2D eigenvalue weighted by Gasteiger charge is -2.30. The maximum Gasteiger partial charge on any atom is 0.415 e. The zero-order chi connectivity index (χ0) is 17.1. The van der Waals surface area contributed by atoms with Gasteiger partial charge in [-0.2, -0.15) is 0 Å². The van der Waals surface area contributed by atoms with Gasteiger partial charge in [-0.25, -0.2) is 9.78 Å². The number of rotatable bonds is 3. The summed E-state index contributed by atoms with van der Waals surface area (Å²) >= 11 is 1.65. The highest BCUT2D eigenvalue weighted by Gasteiger charge is 2.25. The largest absolute Gasteiger partial charge is 0.415 e. The molecule has 0 aliphatic carbocycles. The lowest BCUT2D eigenvalue weighted by atomic mass is 10.1. The van der Waals surface area contributed by atoms with Crippen LogP contribution in [0.1, 0.15) is 12.8 Å². The Hall–Kier alpha value is -2.61. The van der Waals surface area contributed by atoms with Gasteiger partial charge in [0.25, 0.3) is 0 Å². The van der Waals surface area contributed by atoms with Gasteiger partial charge in [0.15, 0.2) is 0 Å². The molecule has 0 bridgehead atoms. The average molecular weight is 355 g/mol. The maximum atomic E-state index is 12.4. The molecule has 1 N–H and O–H groups in total. The SMILES string of the molecule is O=C(Oc1ccc2cccnc2c1)N1CCC(Sc2nc[nH]n2)CC1. The number of aromatic nitrogens is 4. The van der Waals surface area contributed by atoms with E-state index in [9.17, 15) is 4.79 Å². The third-order valence-electron chi connectivity index (χ3n) is 4.15. The van der Waals surface area contributed by atoms with Gasteiger partial charge in [-0.3, -0.25) is 10.1 Å². The van der Waals surface area contributed by atoms with Gasteiger partial charge in [-0.05, 0) is 31.0 Å². The molecule has 4 rings (SSSR count). The molecule has 1 fully saturated rings. The van der Waals surface area contributed by atoms with E-state index in [1.807, 2.05) is 18.2 Å². The standard InChI is InChI=1S/C17H17N5O2S/c23-17(24-13-4-3-12-2-1-7-18-15(12)10-13)22-8-5-14(6-9-22)25-16-19-11-20-21-16/h1-4,7,10-11,14H,5-6,8-9H2,(H,19,20,21). The van der Waals surface area contributed by atoms with Crippen molar-refractivity contribution in [1.82, 2.24) is 25.1 Å². The van der Waals surface area contributed by atoms with E-state index < -0.39 is 0 Å². The minimum Gasteiger partial charge on any atom is -0.410 e. The van der Waals surface area contributed by atoms with Gasteiger partial charge in [0.05, 0.1) is 5.52 Å². The molecule has 3 heterocycles. The fourth-order valence-electron chi connectivity index (χ4n) is 2.83. The first-order chi connectivity index (χ1) is 12.3. The van der Waals surface area contributed by atoms with E-state index in [2.05, 4.69) is 20.2 Å². The number of hydrogen-bond acceptors (Lipinski definition) is 6. The summed E-state index contributed by atoms with van der Waals surface area (Å²) in [5.74, 6) is 0.522. The molecule has 8 heteroatoms. The number of H-pyrrole nitrogens is 1. The summed E-state index contributed by atoms with van der Waals surface area (Å²) in [5, 5.41) is 8.97. The first-order valence-corrected chi connectivity index (χ1v) is 9.00. The van der Waals surface area contributed by atoms with E-state index in [0.717, 1.165) is 28.9 Å². The molecule has 0 atom stereocenters. The minimum atomic E-state index is -0.309. The summed E-state index contributed by atoms with van der Waals surface area (Å²) in [4.78, 5) is 22.5. The number of likely N-dealkylation sites (tertiary alicyclic amines) is 1. The molecule has 0 unspecified atom stereocenters. The molecule has 1 aliphatic heterocycles. The number of carbonyl (C=O) groups is 1. The Bertz CT molecular complexity index is 862. The second-order valence-corrected chi connectivity index (χ2v) is 7.08. The summed E-state index contributed by atoms with van der Waals surface area (Å²) < 4.78 is 5.51. The maximum absolute atomic E-state index is 12.4. The molecule has 1 aromatic carbocycles. The summed E-state index contributed by atoms with van der Waals surface area (Å²) in [7, 11) is 0. The van der Waals surface area contributed by atoms with Crippen LogP contribution in [-0.4, -0.2) is 49.5 Å². The van der Waals surface area contributed by atoms with E-state index in [0.29, 0.717) is 24.1 Å². The number of carbonyl (C=O) groups excluding carboxylic acids is 1. The quantitative estimate of drug-likeness (QED) is 0.777. The van der Waals surface area contributed by atoms with E-state index in [1.165, 1.54) is 0 Å². The smallest absolute Gasteiger partial charge is 0.410 e. The van der Waals surface area contributed by atoms with Crippen LogP contribution in [0.25, 0.3) is 10.9 Å². The normalized spacial score (nSPS) is 15.4. The molecule has 1 aliphatic rings. The second-order valence-electron chi connectivity index (χ2n) is 5.81. The molecule has 128 valence electrons. The number of ether oxygens (including phenoxy) is 1. The van der Waals surface area contributed by atoms with Crippen LogP contribution in [-0.2, 0) is 0 Å². The third-order valence-corrected chi connectivity index (χ3v) is 5.36. The first kappa shape index (κ1) is 15.9. The third kappa shape index (κ3) is 3.74. The van der Waals surface area contributed by atoms with Crippen molar-refractivity contribution >= 4 is 28.8 Å².